The van der Waals surface area contributed by atoms with Gasteiger partial charge in [-0.25, -0.2) is 0 Å². The Balaban J connectivity index is 1.78. The fraction of sp³-hybridized carbons (Fsp3) is 0.353. The smallest absolute Gasteiger partial charge is 0.0704 e. The molecule has 1 aliphatic rings. The van der Waals surface area contributed by atoms with E-state index in [9.17, 15) is 0 Å². The molecule has 0 aliphatic carbocycles. The average molecular weight is 267 g/mol. The van der Waals surface area contributed by atoms with Gasteiger partial charge in [0.15, 0.2) is 0 Å². The maximum absolute atomic E-state index is 6.20. The van der Waals surface area contributed by atoms with Crippen molar-refractivity contribution in [2.45, 2.75) is 31.3 Å². The van der Waals surface area contributed by atoms with E-state index < -0.39 is 0 Å². The number of hydrogen-bond acceptors (Lipinski definition) is 3. The molecule has 1 fully saturated rings. The molecule has 0 spiro atoms. The molecule has 1 aliphatic heterocycles. The summed E-state index contributed by atoms with van der Waals surface area (Å²) < 4.78 is 0. The van der Waals surface area contributed by atoms with Crippen LogP contribution in [0, 0.1) is 0 Å². The van der Waals surface area contributed by atoms with Crippen LogP contribution in [-0.2, 0) is 6.42 Å². The highest BCUT2D eigenvalue weighted by molar-refractivity contribution is 5.59. The third-order valence-corrected chi connectivity index (χ3v) is 3.99. The first-order valence-electron chi connectivity index (χ1n) is 7.32. The van der Waals surface area contributed by atoms with Crippen molar-refractivity contribution in [2.24, 2.45) is 5.73 Å². The van der Waals surface area contributed by atoms with Crippen molar-refractivity contribution in [3.63, 3.8) is 0 Å². The van der Waals surface area contributed by atoms with Gasteiger partial charge in [0, 0.05) is 23.8 Å². The van der Waals surface area contributed by atoms with Gasteiger partial charge in [0.25, 0.3) is 0 Å². The minimum atomic E-state index is 0.261. The predicted octanol–water partition coefficient (Wildman–Crippen LogP) is 2.37. The molecule has 0 saturated carbocycles. The van der Waals surface area contributed by atoms with Gasteiger partial charge in [-0.15, -0.1) is 0 Å². The van der Waals surface area contributed by atoms with Crippen LogP contribution in [0.1, 0.15) is 18.4 Å². The summed E-state index contributed by atoms with van der Waals surface area (Å²) in [7, 11) is 0. The highest BCUT2D eigenvalue weighted by atomic mass is 15.0. The van der Waals surface area contributed by atoms with Gasteiger partial charge in [-0.05, 0) is 43.5 Å². The lowest BCUT2D eigenvalue weighted by Gasteiger charge is -2.30. The second-order valence-electron chi connectivity index (χ2n) is 5.49. The Morgan fingerprint density at radius 3 is 2.85 bits per heavy atom. The number of nitrogens with two attached hydrogens (primary N) is 1. The molecule has 1 aromatic carbocycles. The lowest BCUT2D eigenvalue weighted by molar-refractivity contribution is 0.348. The van der Waals surface area contributed by atoms with Gasteiger partial charge in [-0.3, -0.25) is 4.98 Å². The van der Waals surface area contributed by atoms with E-state index in [1.165, 1.54) is 12.0 Å². The minimum Gasteiger partial charge on any atom is -0.326 e. The zero-order chi connectivity index (χ0) is 13.8. The van der Waals surface area contributed by atoms with Gasteiger partial charge >= 0.3 is 0 Å². The van der Waals surface area contributed by atoms with Crippen molar-refractivity contribution in [1.29, 1.82) is 0 Å². The van der Waals surface area contributed by atoms with Crippen LogP contribution in [0.5, 0.6) is 0 Å². The first-order chi connectivity index (χ1) is 9.83. The molecule has 3 nitrogen and oxygen atoms in total. The van der Waals surface area contributed by atoms with E-state index >= 15 is 0 Å². The van der Waals surface area contributed by atoms with Crippen molar-refractivity contribution in [2.75, 3.05) is 6.54 Å². The molecule has 3 heteroatoms. The summed E-state index contributed by atoms with van der Waals surface area (Å²) in [5.74, 6) is 0. The van der Waals surface area contributed by atoms with Crippen LogP contribution in [0.25, 0.3) is 11.3 Å². The summed E-state index contributed by atoms with van der Waals surface area (Å²) in [6.45, 7) is 1.08. The summed E-state index contributed by atoms with van der Waals surface area (Å²) in [5, 5.41) is 3.53. The number of piperidine rings is 1. The predicted molar refractivity (Wildman–Crippen MR) is 82.4 cm³/mol. The van der Waals surface area contributed by atoms with Crippen molar-refractivity contribution < 1.29 is 0 Å². The number of benzene rings is 1. The lowest BCUT2D eigenvalue weighted by Crippen LogP contribution is -2.50. The molecule has 2 heterocycles. The summed E-state index contributed by atoms with van der Waals surface area (Å²) in [6.07, 6.45) is 5.17. The van der Waals surface area contributed by atoms with E-state index in [-0.39, 0.29) is 6.04 Å². The summed E-state index contributed by atoms with van der Waals surface area (Å²) >= 11 is 0. The van der Waals surface area contributed by atoms with Gasteiger partial charge in [0.2, 0.25) is 0 Å². The number of aromatic nitrogens is 1. The molecule has 20 heavy (non-hydrogen) atoms. The second-order valence-corrected chi connectivity index (χ2v) is 5.49. The van der Waals surface area contributed by atoms with E-state index in [0.29, 0.717) is 6.04 Å². The van der Waals surface area contributed by atoms with E-state index in [4.69, 9.17) is 5.73 Å². The molecule has 2 unspecified atom stereocenters. The van der Waals surface area contributed by atoms with Crippen molar-refractivity contribution in [3.05, 3.63) is 54.2 Å². The quantitative estimate of drug-likeness (QED) is 0.897. The zero-order valence-electron chi connectivity index (χ0n) is 11.6. The van der Waals surface area contributed by atoms with Gasteiger partial charge in [-0.1, -0.05) is 30.3 Å². The normalized spacial score (nSPS) is 22.6. The SMILES string of the molecule is NC1CCCNC1Cc1ccnc(-c2ccccc2)c1. The molecule has 3 rings (SSSR count). The van der Waals surface area contributed by atoms with Crippen LogP contribution in [-0.4, -0.2) is 23.6 Å². The number of rotatable bonds is 3. The largest absolute Gasteiger partial charge is 0.326 e. The molecule has 0 radical (unpaired) electrons. The van der Waals surface area contributed by atoms with Crippen LogP contribution >= 0.6 is 0 Å². The fourth-order valence-corrected chi connectivity index (χ4v) is 2.82. The van der Waals surface area contributed by atoms with E-state index in [1.54, 1.807) is 0 Å². The molecular weight excluding hydrogens is 246 g/mol. The summed E-state index contributed by atoms with van der Waals surface area (Å²) in [4.78, 5) is 4.47. The van der Waals surface area contributed by atoms with Crippen molar-refractivity contribution >= 4 is 0 Å². The molecule has 0 bridgehead atoms. The molecule has 0 amide bonds. The van der Waals surface area contributed by atoms with Crippen LogP contribution in [0.3, 0.4) is 0 Å². The monoisotopic (exact) mass is 267 g/mol. The van der Waals surface area contributed by atoms with Gasteiger partial charge in [-0.2, -0.15) is 0 Å². The van der Waals surface area contributed by atoms with Crippen LogP contribution in [0.15, 0.2) is 48.7 Å². The first-order valence-corrected chi connectivity index (χ1v) is 7.32. The first kappa shape index (κ1) is 13.3. The van der Waals surface area contributed by atoms with Gasteiger partial charge < -0.3 is 11.1 Å². The third-order valence-electron chi connectivity index (χ3n) is 3.99. The van der Waals surface area contributed by atoms with Crippen LogP contribution < -0.4 is 11.1 Å². The number of nitrogens with zero attached hydrogens (tertiary/aromatic N) is 1. The standard InChI is InChI=1S/C17H21N3/c18-15-7-4-9-19-17(15)12-13-8-10-20-16(11-13)14-5-2-1-3-6-14/h1-3,5-6,8,10-11,15,17,19H,4,7,9,12,18H2. The Labute approximate surface area is 120 Å². The Hall–Kier alpha value is -1.71. The minimum absolute atomic E-state index is 0.261. The maximum atomic E-state index is 6.20. The van der Waals surface area contributed by atoms with E-state index in [1.807, 2.05) is 24.4 Å². The van der Waals surface area contributed by atoms with E-state index in [2.05, 4.69) is 34.6 Å². The van der Waals surface area contributed by atoms with Gasteiger partial charge in [0.05, 0.1) is 5.69 Å². The Kier molecular flexibility index (Phi) is 4.09. The van der Waals surface area contributed by atoms with Gasteiger partial charge in [0.1, 0.15) is 0 Å². The number of nitrogens with one attached hydrogen (secondary N) is 1. The van der Waals surface area contributed by atoms with E-state index in [0.717, 1.165) is 30.6 Å². The lowest BCUT2D eigenvalue weighted by atomic mass is 9.93. The average Bonchev–Trinajstić information content (AvgIpc) is 2.51. The molecule has 2 atom stereocenters. The molecular formula is C17H21N3. The summed E-state index contributed by atoms with van der Waals surface area (Å²) in [5.41, 5.74) is 9.69. The Morgan fingerprint density at radius 2 is 2.05 bits per heavy atom. The topological polar surface area (TPSA) is 50.9 Å². The van der Waals surface area contributed by atoms with Crippen molar-refractivity contribution in [3.8, 4) is 11.3 Å². The second kappa shape index (κ2) is 6.16. The molecule has 2 aromatic rings. The molecule has 3 N–H and O–H groups in total. The van der Waals surface area contributed by atoms with Crippen molar-refractivity contribution in [1.82, 2.24) is 10.3 Å². The zero-order valence-corrected chi connectivity index (χ0v) is 11.6. The number of pyridine rings is 1. The fourth-order valence-electron chi connectivity index (χ4n) is 2.82. The third kappa shape index (κ3) is 3.06. The highest BCUT2D eigenvalue weighted by Gasteiger charge is 2.21. The van der Waals surface area contributed by atoms with Crippen LogP contribution in [0.4, 0.5) is 0 Å². The molecule has 1 saturated heterocycles. The molecule has 1 aromatic heterocycles. The molecule has 104 valence electrons. The van der Waals surface area contributed by atoms with Crippen LogP contribution in [0.2, 0.25) is 0 Å². The Bertz CT molecular complexity index is 553. The highest BCUT2D eigenvalue weighted by Crippen LogP contribution is 2.19. The maximum Gasteiger partial charge on any atom is 0.0704 e. The summed E-state index contributed by atoms with van der Waals surface area (Å²) in [6, 6.07) is 15.2. The number of hydrogen-bond donors (Lipinski definition) is 2. The Morgan fingerprint density at radius 1 is 1.20 bits per heavy atom.